The third-order valence-electron chi connectivity index (χ3n) is 10.2. The fraction of sp³-hybridized carbons (Fsp3) is 0.424. The third-order valence-corrected chi connectivity index (χ3v) is 12.4. The van der Waals surface area contributed by atoms with Crippen molar-refractivity contribution in [3.8, 4) is 11.5 Å². The summed E-state index contributed by atoms with van der Waals surface area (Å²) in [4.78, 5) is 62.5. The number of benzene rings is 2. The molecule has 3 fully saturated rings. The van der Waals surface area contributed by atoms with Gasteiger partial charge in [0.25, 0.3) is 11.8 Å². The van der Waals surface area contributed by atoms with Crippen molar-refractivity contribution in [3.63, 3.8) is 0 Å². The molecule has 2 aliphatic carbocycles. The van der Waals surface area contributed by atoms with Crippen LogP contribution in [0.2, 0.25) is 0 Å². The second kappa shape index (κ2) is 13.2. The molecule has 2 heterocycles. The number of carboxylic acids is 1. The zero-order valence-corrected chi connectivity index (χ0v) is 29.9. The van der Waals surface area contributed by atoms with E-state index in [1.54, 1.807) is 28.7 Å². The number of nitrogens with zero attached hydrogens (tertiary/aromatic N) is 2. The molecule has 2 aliphatic heterocycles. The molecule has 0 aromatic heterocycles. The molecule has 51 heavy (non-hydrogen) atoms. The van der Waals surface area contributed by atoms with Gasteiger partial charge in [-0.2, -0.15) is 0 Å². The normalized spacial score (nSPS) is 28.5. The number of halogens is 8. The van der Waals surface area contributed by atoms with Gasteiger partial charge in [0.1, 0.15) is 5.69 Å². The molecule has 4 aliphatic rings. The van der Waals surface area contributed by atoms with Crippen molar-refractivity contribution in [2.75, 3.05) is 18.6 Å². The number of aromatic hydroxyl groups is 1. The highest BCUT2D eigenvalue weighted by atomic mass is 127. The fourth-order valence-corrected chi connectivity index (χ4v) is 9.43. The number of anilines is 1. The number of methoxy groups -OCH3 is 1. The lowest BCUT2D eigenvalue weighted by Gasteiger charge is -2.50. The van der Waals surface area contributed by atoms with Crippen LogP contribution in [0.1, 0.15) is 50.0 Å². The standard InChI is InChI=1S/C33H26Cl2F5IN2O8/c1-51-17-10-12(9-16(41)27(17)46)20-13-6-7-14-19(29(48)42(28(14)47)8-4-2-3-5-18(44)45)15(13)11-32(34)30(49)43(31(50)33(20,32)35)26-24(39)22(37)21(36)23(38)25(26)40/h6,9-10,14-15,19-20,46H,2-5,7-8,11H2,1H3,(H,44,45). The van der Waals surface area contributed by atoms with Gasteiger partial charge in [0, 0.05) is 18.9 Å². The molecule has 1 saturated carbocycles. The van der Waals surface area contributed by atoms with E-state index in [-0.39, 0.29) is 50.5 Å². The molecule has 2 saturated heterocycles. The van der Waals surface area contributed by atoms with Crippen molar-refractivity contribution >= 4 is 81.1 Å². The molecule has 6 atom stereocenters. The number of aliphatic carboxylic acids is 1. The minimum Gasteiger partial charge on any atom is -0.504 e. The number of alkyl halides is 2. The van der Waals surface area contributed by atoms with E-state index >= 15 is 8.78 Å². The number of unbranched alkanes of at least 4 members (excludes halogenated alkanes) is 2. The molecule has 6 rings (SSSR count). The SMILES string of the molecule is COc1cc(C2C3=CCC4C(=O)N(CCCCCC(=O)O)C(=O)C4C3CC3(Cl)C(=O)N(c4c(F)c(F)c(F)c(F)c4F)C(=O)C23Cl)cc(I)c1O. The van der Waals surface area contributed by atoms with Crippen LogP contribution in [-0.2, 0) is 24.0 Å². The van der Waals surface area contributed by atoms with E-state index < -0.39 is 104 Å². The van der Waals surface area contributed by atoms with Crippen LogP contribution < -0.4 is 9.64 Å². The predicted molar refractivity (Wildman–Crippen MR) is 177 cm³/mol. The van der Waals surface area contributed by atoms with Crippen molar-refractivity contribution in [1.82, 2.24) is 4.90 Å². The van der Waals surface area contributed by atoms with E-state index in [4.69, 9.17) is 33.0 Å². The summed E-state index contributed by atoms with van der Waals surface area (Å²) in [5.74, 6) is -22.9. The number of allylic oxidation sites excluding steroid dienone is 2. The predicted octanol–water partition coefficient (Wildman–Crippen LogP) is 5.91. The van der Waals surface area contributed by atoms with Crippen molar-refractivity contribution in [2.24, 2.45) is 17.8 Å². The summed E-state index contributed by atoms with van der Waals surface area (Å²) < 4.78 is 78.8. The molecule has 10 nitrogen and oxygen atoms in total. The fourth-order valence-electron chi connectivity index (χ4n) is 7.87. The summed E-state index contributed by atoms with van der Waals surface area (Å²) >= 11 is 16.0. The molecule has 4 amide bonds. The average Bonchev–Trinajstić information content (AvgIpc) is 3.41. The first kappa shape index (κ1) is 37.3. The van der Waals surface area contributed by atoms with Crippen LogP contribution in [0.3, 0.4) is 0 Å². The highest BCUT2D eigenvalue weighted by Crippen LogP contribution is 2.66. The van der Waals surface area contributed by atoms with Gasteiger partial charge in [-0.25, -0.2) is 26.9 Å². The first-order valence-corrected chi connectivity index (χ1v) is 17.4. The number of carbonyl (C=O) groups excluding carboxylic acids is 4. The minimum atomic E-state index is -2.72. The van der Waals surface area contributed by atoms with Crippen LogP contribution in [-0.4, -0.2) is 68.1 Å². The summed E-state index contributed by atoms with van der Waals surface area (Å²) in [6, 6.07) is 2.63. The second-order valence-corrected chi connectivity index (χ2v) is 15.2. The van der Waals surface area contributed by atoms with Gasteiger partial charge in [-0.1, -0.05) is 18.1 Å². The maximum Gasteiger partial charge on any atom is 0.303 e. The van der Waals surface area contributed by atoms with Gasteiger partial charge in [-0.15, -0.1) is 23.2 Å². The number of phenolic OH excluding ortho intramolecular Hbond substituents is 1. The van der Waals surface area contributed by atoms with E-state index in [1.807, 2.05) is 0 Å². The van der Waals surface area contributed by atoms with Crippen LogP contribution in [0.15, 0.2) is 23.8 Å². The molecule has 6 unspecified atom stereocenters. The lowest BCUT2D eigenvalue weighted by atomic mass is 9.56. The minimum absolute atomic E-state index is 0.0277. The monoisotopic (exact) mass is 870 g/mol. The van der Waals surface area contributed by atoms with Crippen molar-refractivity contribution in [2.45, 2.75) is 54.2 Å². The van der Waals surface area contributed by atoms with Gasteiger partial charge < -0.3 is 14.9 Å². The Morgan fingerprint density at radius 3 is 2.18 bits per heavy atom. The number of imide groups is 2. The summed E-state index contributed by atoms with van der Waals surface area (Å²) in [6.45, 7) is -0.0277. The summed E-state index contributed by atoms with van der Waals surface area (Å²) in [5, 5.41) is 19.5. The van der Waals surface area contributed by atoms with Gasteiger partial charge in [0.2, 0.25) is 17.6 Å². The van der Waals surface area contributed by atoms with Crippen LogP contribution in [0.4, 0.5) is 27.6 Å². The van der Waals surface area contributed by atoms with E-state index in [0.717, 1.165) is 4.90 Å². The number of hydrogen-bond donors (Lipinski definition) is 2. The summed E-state index contributed by atoms with van der Waals surface area (Å²) in [6.07, 6.45) is 1.78. The average molecular weight is 871 g/mol. The van der Waals surface area contributed by atoms with Crippen LogP contribution in [0.25, 0.3) is 0 Å². The zero-order valence-electron chi connectivity index (χ0n) is 26.3. The molecule has 2 aromatic rings. The Morgan fingerprint density at radius 1 is 0.941 bits per heavy atom. The Kier molecular flexibility index (Phi) is 9.62. The van der Waals surface area contributed by atoms with Crippen molar-refractivity contribution < 1.29 is 60.9 Å². The molecule has 272 valence electrons. The Hall–Kier alpha value is -3.51. The number of carbonyl (C=O) groups is 5. The third kappa shape index (κ3) is 5.32. The number of carboxylic acid groups (broad SMARTS) is 1. The lowest BCUT2D eigenvalue weighted by molar-refractivity contribution is -0.141. The zero-order chi connectivity index (χ0) is 37.5. The van der Waals surface area contributed by atoms with E-state index in [2.05, 4.69) is 0 Å². The van der Waals surface area contributed by atoms with E-state index in [0.29, 0.717) is 19.3 Å². The first-order chi connectivity index (χ1) is 23.9. The quantitative estimate of drug-likeness (QED) is 0.0464. The molecule has 0 bridgehead atoms. The van der Waals surface area contributed by atoms with Crippen LogP contribution in [0, 0.1) is 50.4 Å². The van der Waals surface area contributed by atoms with Crippen LogP contribution >= 0.6 is 45.8 Å². The Morgan fingerprint density at radius 2 is 1.57 bits per heavy atom. The highest BCUT2D eigenvalue weighted by molar-refractivity contribution is 14.1. The molecular formula is C33H26Cl2F5IN2O8. The number of rotatable bonds is 9. The number of likely N-dealkylation sites (tertiary alicyclic amines) is 1. The smallest absolute Gasteiger partial charge is 0.303 e. The summed E-state index contributed by atoms with van der Waals surface area (Å²) in [7, 11) is 1.22. The molecule has 2 N–H and O–H groups in total. The number of hydrogen-bond acceptors (Lipinski definition) is 7. The van der Waals surface area contributed by atoms with Gasteiger partial charge in [0.15, 0.2) is 44.5 Å². The van der Waals surface area contributed by atoms with E-state index in [9.17, 15) is 42.3 Å². The number of phenols is 1. The van der Waals surface area contributed by atoms with Gasteiger partial charge in [-0.3, -0.25) is 28.9 Å². The molecule has 18 heteroatoms. The molecule has 0 radical (unpaired) electrons. The topological polar surface area (TPSA) is 142 Å². The number of ether oxygens (including phenoxy) is 1. The molecule has 0 spiro atoms. The Balaban J connectivity index is 1.50. The van der Waals surface area contributed by atoms with Crippen LogP contribution in [0.5, 0.6) is 11.5 Å². The highest BCUT2D eigenvalue weighted by Gasteiger charge is 2.77. The maximum absolute atomic E-state index is 15.2. The molecule has 2 aromatic carbocycles. The summed E-state index contributed by atoms with van der Waals surface area (Å²) in [5.41, 5.74) is -1.56. The van der Waals surface area contributed by atoms with Gasteiger partial charge in [-0.05, 0) is 71.9 Å². The lowest BCUT2D eigenvalue weighted by Crippen LogP contribution is -2.60. The largest absolute Gasteiger partial charge is 0.504 e. The Labute approximate surface area is 309 Å². The maximum atomic E-state index is 15.2. The molecular weight excluding hydrogens is 845 g/mol. The van der Waals surface area contributed by atoms with Gasteiger partial charge >= 0.3 is 5.97 Å². The van der Waals surface area contributed by atoms with Crippen molar-refractivity contribution in [3.05, 3.63) is 62.0 Å². The Bertz CT molecular complexity index is 1940. The van der Waals surface area contributed by atoms with Gasteiger partial charge in [0.05, 0.1) is 22.5 Å². The van der Waals surface area contributed by atoms with Crippen molar-refractivity contribution in [1.29, 1.82) is 0 Å². The number of fused-ring (bicyclic) bond motifs is 4. The number of amides is 4. The first-order valence-electron chi connectivity index (χ1n) is 15.6. The second-order valence-electron chi connectivity index (χ2n) is 12.8. The van der Waals surface area contributed by atoms with E-state index in [1.165, 1.54) is 19.2 Å².